The van der Waals surface area contributed by atoms with Crippen LogP contribution in [0, 0.1) is 0 Å². The Labute approximate surface area is 122 Å². The fraction of sp³-hybridized carbons (Fsp3) is 0.533. The third-order valence-corrected chi connectivity index (χ3v) is 2.64. The van der Waals surface area contributed by atoms with E-state index in [1.54, 1.807) is 20.8 Å². The van der Waals surface area contributed by atoms with E-state index in [0.29, 0.717) is 13.0 Å². The molecule has 0 heterocycles. The lowest BCUT2D eigenvalue weighted by atomic mass is 10.0. The van der Waals surface area contributed by atoms with Crippen molar-refractivity contribution < 1.29 is 18.0 Å². The first-order valence-electron chi connectivity index (χ1n) is 6.82. The van der Waals surface area contributed by atoms with E-state index in [4.69, 9.17) is 0 Å². The molecule has 0 bridgehead atoms. The van der Waals surface area contributed by atoms with Gasteiger partial charge in [-0.3, -0.25) is 4.79 Å². The van der Waals surface area contributed by atoms with Gasteiger partial charge in [-0.05, 0) is 45.4 Å². The molecule has 118 valence electrons. The van der Waals surface area contributed by atoms with Gasteiger partial charge in [0.2, 0.25) is 0 Å². The highest BCUT2D eigenvalue weighted by atomic mass is 19.4. The summed E-state index contributed by atoms with van der Waals surface area (Å²) in [6.45, 7) is 7.62. The molecule has 6 heteroatoms. The van der Waals surface area contributed by atoms with Crippen LogP contribution in [0.3, 0.4) is 0 Å². The molecule has 0 aliphatic heterocycles. The number of hydrogen-bond donors (Lipinski definition) is 2. The number of halogens is 3. The minimum absolute atomic E-state index is 0.000650. The fourth-order valence-corrected chi connectivity index (χ4v) is 1.75. The number of hydrogen-bond acceptors (Lipinski definition) is 2. The number of amides is 1. The molecule has 21 heavy (non-hydrogen) atoms. The molecule has 0 spiro atoms. The minimum Gasteiger partial charge on any atom is -0.385 e. The Morgan fingerprint density at radius 3 is 2.29 bits per heavy atom. The maximum atomic E-state index is 13.1. The van der Waals surface area contributed by atoms with E-state index in [0.717, 1.165) is 6.07 Å². The van der Waals surface area contributed by atoms with Crippen molar-refractivity contribution in [3.63, 3.8) is 0 Å². The Balaban J connectivity index is 3.13. The molecule has 0 radical (unpaired) electrons. The third kappa shape index (κ3) is 5.28. The van der Waals surface area contributed by atoms with E-state index in [-0.39, 0.29) is 11.3 Å². The van der Waals surface area contributed by atoms with Crippen LogP contribution in [-0.4, -0.2) is 18.0 Å². The van der Waals surface area contributed by atoms with Crippen molar-refractivity contribution in [1.82, 2.24) is 5.32 Å². The van der Waals surface area contributed by atoms with E-state index < -0.39 is 23.2 Å². The number of benzene rings is 1. The molecular weight excluding hydrogens is 281 g/mol. The molecule has 0 aliphatic rings. The summed E-state index contributed by atoms with van der Waals surface area (Å²) in [7, 11) is 0. The first-order valence-corrected chi connectivity index (χ1v) is 6.82. The van der Waals surface area contributed by atoms with Crippen LogP contribution in [0.1, 0.15) is 50.0 Å². The lowest BCUT2D eigenvalue weighted by Crippen LogP contribution is -2.40. The topological polar surface area (TPSA) is 41.1 Å². The Bertz CT molecular complexity index is 505. The Morgan fingerprint density at radius 1 is 1.19 bits per heavy atom. The quantitative estimate of drug-likeness (QED) is 0.880. The molecular formula is C15H21F3N2O. The number of alkyl halides is 3. The van der Waals surface area contributed by atoms with Crippen molar-refractivity contribution in [3.05, 3.63) is 29.3 Å². The van der Waals surface area contributed by atoms with Gasteiger partial charge in [-0.1, -0.05) is 6.92 Å². The van der Waals surface area contributed by atoms with E-state index >= 15 is 0 Å². The second kappa shape index (κ2) is 6.37. The van der Waals surface area contributed by atoms with Crippen molar-refractivity contribution in [3.8, 4) is 0 Å². The van der Waals surface area contributed by atoms with Crippen LogP contribution in [0.4, 0.5) is 18.9 Å². The number of carbonyl (C=O) groups excluding carboxylic acids is 1. The molecule has 3 nitrogen and oxygen atoms in total. The Morgan fingerprint density at radius 2 is 1.81 bits per heavy atom. The summed E-state index contributed by atoms with van der Waals surface area (Å²) in [5, 5.41) is 5.38. The Hall–Kier alpha value is -1.72. The maximum absolute atomic E-state index is 13.1. The average Bonchev–Trinajstić information content (AvgIpc) is 2.33. The van der Waals surface area contributed by atoms with E-state index in [9.17, 15) is 18.0 Å². The molecule has 0 saturated carbocycles. The van der Waals surface area contributed by atoms with Gasteiger partial charge in [0.15, 0.2) is 0 Å². The van der Waals surface area contributed by atoms with Gasteiger partial charge < -0.3 is 10.6 Å². The minimum atomic E-state index is -4.51. The van der Waals surface area contributed by atoms with Crippen LogP contribution in [0.2, 0.25) is 0 Å². The molecule has 0 aliphatic carbocycles. The van der Waals surface area contributed by atoms with Crippen molar-refractivity contribution >= 4 is 11.6 Å². The monoisotopic (exact) mass is 302 g/mol. The van der Waals surface area contributed by atoms with Gasteiger partial charge in [0.05, 0.1) is 5.56 Å². The van der Waals surface area contributed by atoms with Gasteiger partial charge in [0.25, 0.3) is 5.91 Å². The lowest BCUT2D eigenvalue weighted by Gasteiger charge is -2.21. The molecule has 1 rings (SSSR count). The number of anilines is 1. The van der Waals surface area contributed by atoms with Crippen molar-refractivity contribution in [1.29, 1.82) is 0 Å². The molecule has 0 saturated heterocycles. The van der Waals surface area contributed by atoms with Crippen LogP contribution in [0.15, 0.2) is 18.2 Å². The first-order chi connectivity index (χ1) is 9.54. The smallest absolute Gasteiger partial charge is 0.385 e. The third-order valence-electron chi connectivity index (χ3n) is 2.64. The van der Waals surface area contributed by atoms with Gasteiger partial charge in [-0.15, -0.1) is 0 Å². The second-order valence-electron chi connectivity index (χ2n) is 5.89. The summed E-state index contributed by atoms with van der Waals surface area (Å²) in [6, 6.07) is 3.59. The van der Waals surface area contributed by atoms with E-state index in [2.05, 4.69) is 10.6 Å². The zero-order chi connectivity index (χ0) is 16.3. The first kappa shape index (κ1) is 17.3. The molecule has 1 aromatic carbocycles. The molecule has 1 aromatic rings. The van der Waals surface area contributed by atoms with Gasteiger partial charge in [0, 0.05) is 23.3 Å². The SMILES string of the molecule is CCCNc1ccc(C(=O)NC(C)(C)C)cc1C(F)(F)F. The van der Waals surface area contributed by atoms with E-state index in [1.165, 1.54) is 12.1 Å². The normalized spacial score (nSPS) is 12.1. The van der Waals surface area contributed by atoms with Crippen LogP contribution in [0.25, 0.3) is 0 Å². The fourth-order valence-electron chi connectivity index (χ4n) is 1.75. The van der Waals surface area contributed by atoms with Crippen LogP contribution >= 0.6 is 0 Å². The molecule has 0 unspecified atom stereocenters. The zero-order valence-corrected chi connectivity index (χ0v) is 12.7. The Kier molecular flexibility index (Phi) is 5.25. The van der Waals surface area contributed by atoms with Crippen LogP contribution < -0.4 is 10.6 Å². The summed E-state index contributed by atoms with van der Waals surface area (Å²) in [6.07, 6.45) is -3.79. The summed E-state index contributed by atoms with van der Waals surface area (Å²) in [4.78, 5) is 12.0. The average molecular weight is 302 g/mol. The lowest BCUT2D eigenvalue weighted by molar-refractivity contribution is -0.137. The maximum Gasteiger partial charge on any atom is 0.418 e. The summed E-state index contributed by atoms with van der Waals surface area (Å²) in [5.74, 6) is -0.518. The summed E-state index contributed by atoms with van der Waals surface area (Å²) in [5.41, 5.74) is -1.33. The highest BCUT2D eigenvalue weighted by Gasteiger charge is 2.34. The predicted octanol–water partition coefficient (Wildman–Crippen LogP) is 4.06. The highest BCUT2D eigenvalue weighted by Crippen LogP contribution is 2.35. The molecule has 0 atom stereocenters. The van der Waals surface area contributed by atoms with Gasteiger partial charge in [0.1, 0.15) is 0 Å². The largest absolute Gasteiger partial charge is 0.418 e. The summed E-state index contributed by atoms with van der Waals surface area (Å²) >= 11 is 0. The van der Waals surface area contributed by atoms with E-state index in [1.807, 2.05) is 6.92 Å². The molecule has 0 aromatic heterocycles. The summed E-state index contributed by atoms with van der Waals surface area (Å²) < 4.78 is 39.3. The predicted molar refractivity (Wildman–Crippen MR) is 77.4 cm³/mol. The van der Waals surface area contributed by atoms with Crippen LogP contribution in [0.5, 0.6) is 0 Å². The van der Waals surface area contributed by atoms with Gasteiger partial charge >= 0.3 is 6.18 Å². The van der Waals surface area contributed by atoms with Crippen LogP contribution in [-0.2, 0) is 6.18 Å². The highest BCUT2D eigenvalue weighted by molar-refractivity contribution is 5.95. The van der Waals surface area contributed by atoms with Gasteiger partial charge in [-0.2, -0.15) is 13.2 Å². The molecule has 2 N–H and O–H groups in total. The van der Waals surface area contributed by atoms with Crippen molar-refractivity contribution in [2.45, 2.75) is 45.8 Å². The number of nitrogens with one attached hydrogen (secondary N) is 2. The van der Waals surface area contributed by atoms with Crippen molar-refractivity contribution in [2.75, 3.05) is 11.9 Å². The number of carbonyl (C=O) groups is 1. The zero-order valence-electron chi connectivity index (χ0n) is 12.7. The van der Waals surface area contributed by atoms with Gasteiger partial charge in [-0.25, -0.2) is 0 Å². The second-order valence-corrected chi connectivity index (χ2v) is 5.89. The number of rotatable bonds is 4. The standard InChI is InChI=1S/C15H21F3N2O/c1-5-8-19-12-7-6-10(9-11(12)15(16,17)18)13(21)20-14(2,3)4/h6-7,9,19H,5,8H2,1-4H3,(H,20,21). The van der Waals surface area contributed by atoms with Crippen molar-refractivity contribution in [2.24, 2.45) is 0 Å². The molecule has 1 amide bonds. The molecule has 0 fully saturated rings.